The molecule has 1 aliphatic heterocycles. The van der Waals surface area contributed by atoms with Crippen LogP contribution in [0.3, 0.4) is 0 Å². The van der Waals surface area contributed by atoms with Crippen LogP contribution in [0.4, 0.5) is 5.69 Å². The van der Waals surface area contributed by atoms with Gasteiger partial charge in [0.05, 0.1) is 12.0 Å². The van der Waals surface area contributed by atoms with Gasteiger partial charge in [-0.2, -0.15) is 0 Å². The van der Waals surface area contributed by atoms with E-state index in [1.54, 1.807) is 18.2 Å². The van der Waals surface area contributed by atoms with E-state index >= 15 is 0 Å². The van der Waals surface area contributed by atoms with Crippen molar-refractivity contribution in [2.75, 3.05) is 7.11 Å². The summed E-state index contributed by atoms with van der Waals surface area (Å²) in [7, 11) is 1.54. The molecule has 0 atom stereocenters. The molecule has 0 amide bonds. The Morgan fingerprint density at radius 1 is 1.17 bits per heavy atom. The lowest BCUT2D eigenvalue weighted by Gasteiger charge is -2.03. The van der Waals surface area contributed by atoms with Gasteiger partial charge in [-0.1, -0.05) is 18.2 Å². The van der Waals surface area contributed by atoms with Crippen molar-refractivity contribution in [2.24, 2.45) is 4.99 Å². The van der Waals surface area contributed by atoms with Crippen LogP contribution in [0.5, 0.6) is 5.75 Å². The van der Waals surface area contributed by atoms with Crippen molar-refractivity contribution in [3.8, 4) is 5.75 Å². The van der Waals surface area contributed by atoms with Crippen LogP contribution >= 0.6 is 0 Å². The van der Waals surface area contributed by atoms with Gasteiger partial charge in [0.25, 0.3) is 5.69 Å². The molecule has 1 heterocycles. The third-order valence-corrected chi connectivity index (χ3v) is 3.38. The molecule has 1 aliphatic rings. The number of rotatable bonds is 4. The summed E-state index contributed by atoms with van der Waals surface area (Å²) >= 11 is 0. The summed E-state index contributed by atoms with van der Waals surface area (Å²) < 4.78 is 10.4. The number of para-hydroxylation sites is 1. The average molecular weight is 324 g/mol. The molecule has 7 nitrogen and oxygen atoms in total. The predicted octanol–water partition coefficient (Wildman–Crippen LogP) is 2.95. The third-order valence-electron chi connectivity index (χ3n) is 3.38. The lowest BCUT2D eigenvalue weighted by molar-refractivity contribution is -0.384. The monoisotopic (exact) mass is 324 g/mol. The maximum absolute atomic E-state index is 12.0. The summed E-state index contributed by atoms with van der Waals surface area (Å²) in [4.78, 5) is 26.3. The number of cyclic esters (lactones) is 1. The van der Waals surface area contributed by atoms with E-state index in [9.17, 15) is 14.9 Å². The maximum Gasteiger partial charge on any atom is 0.363 e. The van der Waals surface area contributed by atoms with Gasteiger partial charge in [-0.15, -0.1) is 0 Å². The number of nitrogens with zero attached hydrogens (tertiary/aromatic N) is 2. The number of aliphatic imine (C=N–C) groups is 1. The number of non-ortho nitro benzene ring substituents is 1. The van der Waals surface area contributed by atoms with E-state index in [0.717, 1.165) is 0 Å². The van der Waals surface area contributed by atoms with Gasteiger partial charge in [-0.25, -0.2) is 9.79 Å². The van der Waals surface area contributed by atoms with Crippen molar-refractivity contribution in [1.29, 1.82) is 0 Å². The standard InChI is InChI=1S/C17H12N2O5/c1-23-15-5-3-2-4-12(15)10-14-17(20)24-16(18-14)11-6-8-13(9-7-11)19(21)22/h2-10H,1H3/b14-10-. The average Bonchev–Trinajstić information content (AvgIpc) is 2.96. The second-order valence-electron chi connectivity index (χ2n) is 4.88. The van der Waals surface area contributed by atoms with Gasteiger partial charge in [-0.05, 0) is 24.3 Å². The van der Waals surface area contributed by atoms with Gasteiger partial charge >= 0.3 is 5.97 Å². The Kier molecular flexibility index (Phi) is 4.07. The summed E-state index contributed by atoms with van der Waals surface area (Å²) in [6, 6.07) is 12.8. The van der Waals surface area contributed by atoms with E-state index < -0.39 is 10.9 Å². The van der Waals surface area contributed by atoms with Crippen LogP contribution in [0.15, 0.2) is 59.2 Å². The molecule has 3 rings (SSSR count). The molecule has 0 fully saturated rings. The normalized spacial score (nSPS) is 15.1. The molecule has 7 heteroatoms. The van der Waals surface area contributed by atoms with Gasteiger partial charge in [0, 0.05) is 23.3 Å². The fourth-order valence-corrected chi connectivity index (χ4v) is 2.19. The maximum atomic E-state index is 12.0. The highest BCUT2D eigenvalue weighted by molar-refractivity contribution is 6.13. The Labute approximate surface area is 137 Å². The van der Waals surface area contributed by atoms with Gasteiger partial charge in [0.2, 0.25) is 5.90 Å². The van der Waals surface area contributed by atoms with E-state index in [2.05, 4.69) is 4.99 Å². The molecule has 0 aliphatic carbocycles. The molecular formula is C17H12N2O5. The fraction of sp³-hybridized carbons (Fsp3) is 0.0588. The quantitative estimate of drug-likeness (QED) is 0.373. The number of benzene rings is 2. The first kappa shape index (κ1) is 15.4. The zero-order chi connectivity index (χ0) is 17.1. The van der Waals surface area contributed by atoms with Crippen molar-refractivity contribution in [1.82, 2.24) is 0 Å². The van der Waals surface area contributed by atoms with E-state index in [4.69, 9.17) is 9.47 Å². The van der Waals surface area contributed by atoms with E-state index in [-0.39, 0.29) is 17.3 Å². The van der Waals surface area contributed by atoms with Gasteiger partial charge in [-0.3, -0.25) is 10.1 Å². The minimum atomic E-state index is -0.589. The molecule has 2 aromatic rings. The number of carbonyl (C=O) groups excluding carboxylic acids is 1. The third kappa shape index (κ3) is 3.00. The summed E-state index contributed by atoms with van der Waals surface area (Å²) in [5, 5.41) is 10.7. The van der Waals surface area contributed by atoms with Gasteiger partial charge in [0.1, 0.15) is 5.75 Å². The number of methoxy groups -OCH3 is 1. The summed E-state index contributed by atoms with van der Waals surface area (Å²) in [6.07, 6.45) is 1.57. The smallest absolute Gasteiger partial charge is 0.363 e. The highest BCUT2D eigenvalue weighted by Crippen LogP contribution is 2.24. The predicted molar refractivity (Wildman–Crippen MR) is 86.7 cm³/mol. The van der Waals surface area contributed by atoms with Crippen molar-refractivity contribution < 1.29 is 19.2 Å². The molecule has 0 N–H and O–H groups in total. The summed E-state index contributed by atoms with van der Waals surface area (Å²) in [6.45, 7) is 0. The number of carbonyl (C=O) groups is 1. The SMILES string of the molecule is COc1ccccc1/C=C1\N=C(c2ccc([N+](=O)[O-])cc2)OC1=O. The Bertz CT molecular complexity index is 869. The highest BCUT2D eigenvalue weighted by Gasteiger charge is 2.24. The number of nitro benzene ring substituents is 1. The molecule has 120 valence electrons. The first-order chi connectivity index (χ1) is 11.6. The first-order valence-electron chi connectivity index (χ1n) is 6.99. The first-order valence-corrected chi connectivity index (χ1v) is 6.99. The van der Waals surface area contributed by atoms with Gasteiger partial charge in [0.15, 0.2) is 5.70 Å². The Morgan fingerprint density at radius 3 is 2.54 bits per heavy atom. The van der Waals surface area contributed by atoms with Crippen LogP contribution in [-0.2, 0) is 9.53 Å². The zero-order valence-electron chi connectivity index (χ0n) is 12.6. The molecule has 2 aromatic carbocycles. The Morgan fingerprint density at radius 2 is 1.88 bits per heavy atom. The second-order valence-corrected chi connectivity index (χ2v) is 4.88. The minimum Gasteiger partial charge on any atom is -0.496 e. The fourth-order valence-electron chi connectivity index (χ4n) is 2.19. The number of nitro groups is 1. The molecule has 0 radical (unpaired) electrons. The molecular weight excluding hydrogens is 312 g/mol. The largest absolute Gasteiger partial charge is 0.496 e. The Balaban J connectivity index is 1.92. The van der Waals surface area contributed by atoms with Crippen LogP contribution in [0, 0.1) is 10.1 Å². The number of hydrogen-bond donors (Lipinski definition) is 0. The molecule has 0 saturated carbocycles. The number of hydrogen-bond acceptors (Lipinski definition) is 6. The van der Waals surface area contributed by atoms with Crippen molar-refractivity contribution in [3.05, 3.63) is 75.5 Å². The molecule has 0 bridgehead atoms. The van der Waals surface area contributed by atoms with Crippen LogP contribution in [0.25, 0.3) is 6.08 Å². The summed E-state index contributed by atoms with van der Waals surface area (Å²) in [5.74, 6) is 0.127. The molecule has 24 heavy (non-hydrogen) atoms. The Hall–Kier alpha value is -3.48. The van der Waals surface area contributed by atoms with Crippen LogP contribution in [-0.4, -0.2) is 23.9 Å². The van der Waals surface area contributed by atoms with Gasteiger partial charge < -0.3 is 9.47 Å². The van der Waals surface area contributed by atoms with Crippen LogP contribution in [0.1, 0.15) is 11.1 Å². The lowest BCUT2D eigenvalue weighted by Crippen LogP contribution is -2.05. The van der Waals surface area contributed by atoms with Crippen molar-refractivity contribution >= 4 is 23.6 Å². The minimum absolute atomic E-state index is 0.0477. The number of esters is 1. The van der Waals surface area contributed by atoms with Crippen LogP contribution < -0.4 is 4.74 Å². The molecule has 0 aromatic heterocycles. The zero-order valence-corrected chi connectivity index (χ0v) is 12.6. The molecule has 0 saturated heterocycles. The molecule has 0 unspecified atom stereocenters. The van der Waals surface area contributed by atoms with E-state index in [0.29, 0.717) is 16.9 Å². The topological polar surface area (TPSA) is 91.0 Å². The number of ether oxygens (including phenoxy) is 2. The molecule has 0 spiro atoms. The van der Waals surface area contributed by atoms with Crippen molar-refractivity contribution in [3.63, 3.8) is 0 Å². The van der Waals surface area contributed by atoms with Crippen LogP contribution in [0.2, 0.25) is 0 Å². The van der Waals surface area contributed by atoms with Crippen molar-refractivity contribution in [2.45, 2.75) is 0 Å². The van der Waals surface area contributed by atoms with E-state index in [1.807, 2.05) is 12.1 Å². The summed E-state index contributed by atoms with van der Waals surface area (Å²) in [5.41, 5.74) is 1.26. The second kappa shape index (κ2) is 6.33. The van der Waals surface area contributed by atoms with E-state index in [1.165, 1.54) is 31.4 Å². The highest BCUT2D eigenvalue weighted by atomic mass is 16.6. The lowest BCUT2D eigenvalue weighted by atomic mass is 10.1.